The van der Waals surface area contributed by atoms with Crippen LogP contribution < -0.4 is 9.04 Å². The van der Waals surface area contributed by atoms with Crippen LogP contribution >= 0.6 is 0 Å². The van der Waals surface area contributed by atoms with Crippen LogP contribution in [0.3, 0.4) is 0 Å². The van der Waals surface area contributed by atoms with Gasteiger partial charge >= 0.3 is 11.9 Å². The first-order valence-electron chi connectivity index (χ1n) is 8.76. The van der Waals surface area contributed by atoms with E-state index < -0.39 is 28.5 Å². The second-order valence-corrected chi connectivity index (χ2v) is 7.85. The highest BCUT2D eigenvalue weighted by molar-refractivity contribution is 7.92. The molecular weight excluding hydrogens is 398 g/mol. The first-order chi connectivity index (χ1) is 13.7. The number of nitrogens with zero attached hydrogens (tertiary/aromatic N) is 1. The van der Waals surface area contributed by atoms with E-state index in [1.165, 1.54) is 56.7 Å². The highest BCUT2D eigenvalue weighted by Crippen LogP contribution is 2.28. The van der Waals surface area contributed by atoms with Crippen molar-refractivity contribution in [2.24, 2.45) is 0 Å². The van der Waals surface area contributed by atoms with Gasteiger partial charge in [0.05, 0.1) is 37.0 Å². The number of carbonyl (C=O) groups is 2. The maximum atomic E-state index is 13.3. The number of anilines is 1. The first-order valence-corrected chi connectivity index (χ1v) is 10.2. The largest absolute Gasteiger partial charge is 0.496 e. The first kappa shape index (κ1) is 22.2. The molecule has 2 aromatic carbocycles. The van der Waals surface area contributed by atoms with Gasteiger partial charge < -0.3 is 14.2 Å². The van der Waals surface area contributed by atoms with Crippen LogP contribution in [0.25, 0.3) is 0 Å². The topological polar surface area (TPSA) is 99.2 Å². The molecule has 0 heterocycles. The van der Waals surface area contributed by atoms with Gasteiger partial charge in [0.1, 0.15) is 12.3 Å². The lowest BCUT2D eigenvalue weighted by atomic mass is 10.2. The average Bonchev–Trinajstić information content (AvgIpc) is 2.71. The van der Waals surface area contributed by atoms with Crippen LogP contribution in [0.5, 0.6) is 5.75 Å². The summed E-state index contributed by atoms with van der Waals surface area (Å²) in [7, 11) is -1.48. The van der Waals surface area contributed by atoms with Crippen LogP contribution in [0.15, 0.2) is 47.4 Å². The van der Waals surface area contributed by atoms with E-state index in [-0.39, 0.29) is 22.8 Å². The van der Waals surface area contributed by atoms with Crippen LogP contribution in [0.2, 0.25) is 0 Å². The Balaban J connectivity index is 2.55. The Morgan fingerprint density at radius 3 is 2.38 bits per heavy atom. The molecule has 156 valence electrons. The van der Waals surface area contributed by atoms with Crippen molar-refractivity contribution in [3.8, 4) is 5.75 Å². The molecule has 0 spiro atoms. The maximum absolute atomic E-state index is 13.3. The van der Waals surface area contributed by atoms with Gasteiger partial charge in [0.2, 0.25) is 0 Å². The van der Waals surface area contributed by atoms with Crippen molar-refractivity contribution in [1.29, 1.82) is 0 Å². The molecule has 0 saturated heterocycles. The highest BCUT2D eigenvalue weighted by Gasteiger charge is 2.28. The third-order valence-corrected chi connectivity index (χ3v) is 5.87. The standard InChI is InChI=1S/C20H23NO7S/c1-5-28-20(23)15-7-6-8-16(12-15)21(13-19(22)27-4)29(24,25)17-9-10-18(26-3)14(2)11-17/h6-12H,5,13H2,1-4H3. The zero-order valence-electron chi connectivity index (χ0n) is 16.7. The molecular formula is C20H23NO7S. The van der Waals surface area contributed by atoms with Crippen molar-refractivity contribution in [3.63, 3.8) is 0 Å². The zero-order chi connectivity index (χ0) is 21.6. The number of esters is 2. The average molecular weight is 421 g/mol. The molecule has 29 heavy (non-hydrogen) atoms. The molecule has 9 heteroatoms. The summed E-state index contributed by atoms with van der Waals surface area (Å²) in [5.74, 6) is -0.807. The Labute approximate surface area is 170 Å². The van der Waals surface area contributed by atoms with Gasteiger partial charge in [-0.2, -0.15) is 0 Å². The molecule has 0 aliphatic carbocycles. The van der Waals surface area contributed by atoms with E-state index in [9.17, 15) is 18.0 Å². The van der Waals surface area contributed by atoms with Crippen molar-refractivity contribution >= 4 is 27.6 Å². The van der Waals surface area contributed by atoms with Gasteiger partial charge in [0, 0.05) is 0 Å². The van der Waals surface area contributed by atoms with E-state index in [2.05, 4.69) is 4.74 Å². The minimum Gasteiger partial charge on any atom is -0.496 e. The number of hydrogen-bond acceptors (Lipinski definition) is 7. The number of ether oxygens (including phenoxy) is 3. The second kappa shape index (κ2) is 9.42. The highest BCUT2D eigenvalue weighted by atomic mass is 32.2. The normalized spacial score (nSPS) is 10.9. The number of methoxy groups -OCH3 is 2. The molecule has 2 rings (SSSR count). The predicted molar refractivity (Wildman–Crippen MR) is 107 cm³/mol. The minimum absolute atomic E-state index is 0.0266. The fourth-order valence-electron chi connectivity index (χ4n) is 2.64. The summed E-state index contributed by atoms with van der Waals surface area (Å²) in [6.07, 6.45) is 0. The SMILES string of the molecule is CCOC(=O)c1cccc(N(CC(=O)OC)S(=O)(=O)c2ccc(OC)c(C)c2)c1. The summed E-state index contributed by atoms with van der Waals surface area (Å²) in [5.41, 5.74) is 0.918. The maximum Gasteiger partial charge on any atom is 0.338 e. The molecule has 0 aromatic heterocycles. The fourth-order valence-corrected chi connectivity index (χ4v) is 4.12. The Hall–Kier alpha value is -3.07. The van der Waals surface area contributed by atoms with E-state index in [4.69, 9.17) is 9.47 Å². The molecule has 0 aliphatic heterocycles. The molecule has 0 aliphatic rings. The summed E-state index contributed by atoms with van der Waals surface area (Å²) in [5, 5.41) is 0. The third kappa shape index (κ3) is 5.05. The van der Waals surface area contributed by atoms with Crippen LogP contribution in [0.4, 0.5) is 5.69 Å². The van der Waals surface area contributed by atoms with Crippen molar-refractivity contribution < 1.29 is 32.2 Å². The van der Waals surface area contributed by atoms with Gasteiger partial charge in [0.25, 0.3) is 10.0 Å². The molecule has 0 radical (unpaired) electrons. The van der Waals surface area contributed by atoms with Gasteiger partial charge in [-0.25, -0.2) is 13.2 Å². The molecule has 2 aromatic rings. The summed E-state index contributed by atoms with van der Waals surface area (Å²) in [4.78, 5) is 23.9. The summed E-state index contributed by atoms with van der Waals surface area (Å²) >= 11 is 0. The molecule has 0 N–H and O–H groups in total. The summed E-state index contributed by atoms with van der Waals surface area (Å²) in [6, 6.07) is 10.2. The van der Waals surface area contributed by atoms with Gasteiger partial charge in [-0.15, -0.1) is 0 Å². The summed E-state index contributed by atoms with van der Waals surface area (Å²) < 4.78 is 42.3. The predicted octanol–water partition coefficient (Wildman–Crippen LogP) is 2.55. The Morgan fingerprint density at radius 2 is 1.79 bits per heavy atom. The van der Waals surface area contributed by atoms with Crippen molar-refractivity contribution in [2.45, 2.75) is 18.7 Å². The number of carbonyl (C=O) groups excluding carboxylic acids is 2. The molecule has 0 bridgehead atoms. The van der Waals surface area contributed by atoms with Crippen LogP contribution in [-0.2, 0) is 24.3 Å². The zero-order valence-corrected chi connectivity index (χ0v) is 17.5. The molecule has 0 saturated carbocycles. The van der Waals surface area contributed by atoms with E-state index in [0.717, 1.165) is 4.31 Å². The lowest BCUT2D eigenvalue weighted by molar-refractivity contribution is -0.138. The van der Waals surface area contributed by atoms with Crippen LogP contribution in [0.1, 0.15) is 22.8 Å². The van der Waals surface area contributed by atoms with E-state index in [0.29, 0.717) is 11.3 Å². The minimum atomic E-state index is -4.14. The number of hydrogen-bond donors (Lipinski definition) is 0. The van der Waals surface area contributed by atoms with Crippen molar-refractivity contribution in [1.82, 2.24) is 0 Å². The van der Waals surface area contributed by atoms with E-state index in [1.807, 2.05) is 0 Å². The van der Waals surface area contributed by atoms with Crippen molar-refractivity contribution in [2.75, 3.05) is 31.7 Å². The molecule has 0 atom stereocenters. The summed E-state index contributed by atoms with van der Waals surface area (Å²) in [6.45, 7) is 3.00. The molecule has 8 nitrogen and oxygen atoms in total. The molecule has 0 unspecified atom stereocenters. The molecule has 0 fully saturated rings. The monoisotopic (exact) mass is 421 g/mol. The number of sulfonamides is 1. The van der Waals surface area contributed by atoms with Gasteiger partial charge in [-0.05, 0) is 55.8 Å². The van der Waals surface area contributed by atoms with Gasteiger partial charge in [-0.3, -0.25) is 9.10 Å². The van der Waals surface area contributed by atoms with Gasteiger partial charge in [-0.1, -0.05) is 6.07 Å². The second-order valence-electron chi connectivity index (χ2n) is 5.99. The fraction of sp³-hybridized carbons (Fsp3) is 0.300. The Morgan fingerprint density at radius 1 is 1.07 bits per heavy atom. The van der Waals surface area contributed by atoms with Gasteiger partial charge in [0.15, 0.2) is 0 Å². The number of rotatable bonds is 8. The smallest absolute Gasteiger partial charge is 0.338 e. The lowest BCUT2D eigenvalue weighted by Crippen LogP contribution is -2.36. The third-order valence-electron chi connectivity index (χ3n) is 4.10. The van der Waals surface area contributed by atoms with E-state index in [1.54, 1.807) is 13.8 Å². The Bertz CT molecular complexity index is 1000. The van der Waals surface area contributed by atoms with Crippen molar-refractivity contribution in [3.05, 3.63) is 53.6 Å². The van der Waals surface area contributed by atoms with Crippen LogP contribution in [-0.4, -0.2) is 47.7 Å². The van der Waals surface area contributed by atoms with Crippen LogP contribution in [0, 0.1) is 6.92 Å². The lowest BCUT2D eigenvalue weighted by Gasteiger charge is -2.24. The molecule has 0 amide bonds. The number of aryl methyl sites for hydroxylation is 1. The quantitative estimate of drug-likeness (QED) is 0.604. The van der Waals surface area contributed by atoms with E-state index >= 15 is 0 Å². The Kier molecular flexibility index (Phi) is 7.22. The number of benzene rings is 2.